The summed E-state index contributed by atoms with van der Waals surface area (Å²) in [7, 11) is 0. The third kappa shape index (κ3) is 7.50. The first kappa shape index (κ1) is 23.5. The lowest BCUT2D eigenvalue weighted by molar-refractivity contribution is -0.126. The van der Waals surface area contributed by atoms with Gasteiger partial charge in [-0.2, -0.15) is 0 Å². The maximum absolute atomic E-state index is 12.2. The second-order valence-corrected chi connectivity index (χ2v) is 5.92. The number of rotatable bonds is 7. The largest absolute Gasteiger partial charge is 0.371 e. The number of nitrogens with one attached hydrogen (secondary N) is 2. The highest BCUT2D eigenvalue weighted by atomic mass is 35.5. The van der Waals surface area contributed by atoms with E-state index in [1.54, 1.807) is 6.92 Å². The molecule has 1 aliphatic rings. The molecule has 0 spiro atoms. The number of carbonyl (C=O) groups excluding carboxylic acids is 2. The zero-order valence-electron chi connectivity index (χ0n) is 14.5. The predicted octanol–water partition coefficient (Wildman–Crippen LogP) is 2.31. The summed E-state index contributed by atoms with van der Waals surface area (Å²) in [4.78, 5) is 26.1. The van der Waals surface area contributed by atoms with E-state index in [9.17, 15) is 9.59 Å². The molecule has 1 atom stereocenters. The number of nitrogens with zero attached hydrogens (tertiary/aromatic N) is 1. The minimum absolute atomic E-state index is 0. The summed E-state index contributed by atoms with van der Waals surface area (Å²) in [6.07, 6.45) is 3.39. The van der Waals surface area contributed by atoms with Gasteiger partial charge in [0.25, 0.3) is 0 Å². The molecule has 8 heteroatoms. The number of anilines is 2. The molecule has 1 fully saturated rings. The highest BCUT2D eigenvalue weighted by Gasteiger charge is 2.16. The minimum Gasteiger partial charge on any atom is -0.371 e. The Morgan fingerprint density at radius 3 is 2.56 bits per heavy atom. The van der Waals surface area contributed by atoms with Crippen molar-refractivity contribution >= 4 is 48.0 Å². The van der Waals surface area contributed by atoms with Gasteiger partial charge in [-0.15, -0.1) is 24.8 Å². The Hall–Kier alpha value is -1.50. The molecule has 142 valence electrons. The van der Waals surface area contributed by atoms with Crippen LogP contribution >= 0.6 is 24.8 Å². The molecule has 0 bridgehead atoms. The quantitative estimate of drug-likeness (QED) is 0.666. The SMILES string of the molecule is CC(NC(=O)CCCN)C(=O)Nc1cccc(N2CCCC2)c1.Cl.Cl. The third-order valence-corrected chi connectivity index (χ3v) is 3.96. The van der Waals surface area contributed by atoms with Crippen molar-refractivity contribution in [3.8, 4) is 0 Å². The van der Waals surface area contributed by atoms with E-state index in [2.05, 4.69) is 21.6 Å². The zero-order valence-corrected chi connectivity index (χ0v) is 16.1. The molecule has 0 aromatic heterocycles. The fraction of sp³-hybridized carbons (Fsp3) is 0.529. The highest BCUT2D eigenvalue weighted by Crippen LogP contribution is 2.23. The molecule has 2 rings (SSSR count). The van der Waals surface area contributed by atoms with Crippen molar-refractivity contribution in [2.75, 3.05) is 29.9 Å². The van der Waals surface area contributed by atoms with Crippen molar-refractivity contribution < 1.29 is 9.59 Å². The molecular weight excluding hydrogens is 363 g/mol. The molecule has 0 saturated carbocycles. The molecule has 1 heterocycles. The molecule has 2 amide bonds. The average Bonchev–Trinajstić information content (AvgIpc) is 3.07. The lowest BCUT2D eigenvalue weighted by Crippen LogP contribution is -2.41. The van der Waals surface area contributed by atoms with E-state index in [4.69, 9.17) is 5.73 Å². The summed E-state index contributed by atoms with van der Waals surface area (Å²) < 4.78 is 0. The van der Waals surface area contributed by atoms with Crippen LogP contribution in [0.2, 0.25) is 0 Å². The minimum atomic E-state index is -0.573. The number of nitrogens with two attached hydrogens (primary N) is 1. The van der Waals surface area contributed by atoms with E-state index in [-0.39, 0.29) is 36.6 Å². The Morgan fingerprint density at radius 2 is 1.92 bits per heavy atom. The molecule has 1 aromatic rings. The lowest BCUT2D eigenvalue weighted by Gasteiger charge is -2.19. The van der Waals surface area contributed by atoms with Crippen molar-refractivity contribution in [1.29, 1.82) is 0 Å². The number of hydrogen-bond donors (Lipinski definition) is 3. The second-order valence-electron chi connectivity index (χ2n) is 5.92. The van der Waals surface area contributed by atoms with Crippen LogP contribution in [0, 0.1) is 0 Å². The van der Waals surface area contributed by atoms with Crippen LogP contribution in [0.3, 0.4) is 0 Å². The van der Waals surface area contributed by atoms with Crippen LogP contribution in [-0.4, -0.2) is 37.5 Å². The van der Waals surface area contributed by atoms with Gasteiger partial charge in [0, 0.05) is 30.9 Å². The van der Waals surface area contributed by atoms with Crippen molar-refractivity contribution in [3.05, 3.63) is 24.3 Å². The van der Waals surface area contributed by atoms with Crippen molar-refractivity contribution in [2.45, 2.75) is 38.6 Å². The van der Waals surface area contributed by atoms with Gasteiger partial charge in [0.2, 0.25) is 11.8 Å². The van der Waals surface area contributed by atoms with Gasteiger partial charge < -0.3 is 21.3 Å². The van der Waals surface area contributed by atoms with Crippen LogP contribution < -0.4 is 21.3 Å². The molecule has 25 heavy (non-hydrogen) atoms. The first-order chi connectivity index (χ1) is 11.1. The maximum atomic E-state index is 12.2. The first-order valence-electron chi connectivity index (χ1n) is 8.25. The molecule has 1 unspecified atom stereocenters. The predicted molar refractivity (Wildman–Crippen MR) is 107 cm³/mol. The van der Waals surface area contributed by atoms with E-state index >= 15 is 0 Å². The van der Waals surface area contributed by atoms with Gasteiger partial charge in [-0.1, -0.05) is 6.07 Å². The van der Waals surface area contributed by atoms with E-state index < -0.39 is 6.04 Å². The first-order valence-corrected chi connectivity index (χ1v) is 8.25. The van der Waals surface area contributed by atoms with Crippen LogP contribution in [0.1, 0.15) is 32.6 Å². The number of halogens is 2. The molecule has 0 aliphatic carbocycles. The zero-order chi connectivity index (χ0) is 16.7. The van der Waals surface area contributed by atoms with Gasteiger partial charge >= 0.3 is 0 Å². The fourth-order valence-corrected chi connectivity index (χ4v) is 2.65. The van der Waals surface area contributed by atoms with E-state index in [0.29, 0.717) is 19.4 Å². The maximum Gasteiger partial charge on any atom is 0.246 e. The standard InChI is InChI=1S/C17H26N4O2.2ClH/c1-13(19-16(22)8-5-9-18)17(23)20-14-6-4-7-15(12-14)21-10-2-3-11-21;;/h4,6-7,12-13H,2-3,5,8-11,18H2,1H3,(H,19,22)(H,20,23);2*1H. The van der Waals surface area contributed by atoms with Gasteiger partial charge in [0.1, 0.15) is 6.04 Å². The van der Waals surface area contributed by atoms with Crippen LogP contribution in [0.15, 0.2) is 24.3 Å². The normalized spacial score (nSPS) is 14.1. The van der Waals surface area contributed by atoms with Gasteiger partial charge in [-0.05, 0) is 50.9 Å². The Morgan fingerprint density at radius 1 is 1.24 bits per heavy atom. The average molecular weight is 391 g/mol. The van der Waals surface area contributed by atoms with Gasteiger partial charge in [-0.3, -0.25) is 9.59 Å². The molecular formula is C17H28Cl2N4O2. The third-order valence-electron chi connectivity index (χ3n) is 3.96. The van der Waals surface area contributed by atoms with Crippen molar-refractivity contribution in [2.24, 2.45) is 5.73 Å². The topological polar surface area (TPSA) is 87.5 Å². The number of hydrogen-bond acceptors (Lipinski definition) is 4. The number of carbonyl (C=O) groups is 2. The van der Waals surface area contributed by atoms with Gasteiger partial charge in [0.15, 0.2) is 0 Å². The molecule has 6 nitrogen and oxygen atoms in total. The van der Waals surface area contributed by atoms with Crippen LogP contribution in [0.4, 0.5) is 11.4 Å². The Kier molecular flexibility index (Phi) is 11.2. The van der Waals surface area contributed by atoms with E-state index in [1.807, 2.05) is 18.2 Å². The summed E-state index contributed by atoms with van der Waals surface area (Å²) >= 11 is 0. The Balaban J connectivity index is 0.00000288. The summed E-state index contributed by atoms with van der Waals surface area (Å²) in [6.45, 7) is 4.27. The monoisotopic (exact) mass is 390 g/mol. The molecule has 4 N–H and O–H groups in total. The van der Waals surface area contributed by atoms with E-state index in [1.165, 1.54) is 12.8 Å². The lowest BCUT2D eigenvalue weighted by atomic mass is 10.2. The molecule has 1 aliphatic heterocycles. The van der Waals surface area contributed by atoms with Gasteiger partial charge in [0.05, 0.1) is 0 Å². The number of amides is 2. The summed E-state index contributed by atoms with van der Waals surface area (Å²) in [5.74, 6) is -0.367. The summed E-state index contributed by atoms with van der Waals surface area (Å²) in [6, 6.07) is 7.26. The van der Waals surface area contributed by atoms with Crippen molar-refractivity contribution in [3.63, 3.8) is 0 Å². The number of benzene rings is 1. The molecule has 1 saturated heterocycles. The summed E-state index contributed by atoms with van der Waals surface area (Å²) in [5, 5.41) is 5.55. The smallest absolute Gasteiger partial charge is 0.246 e. The fourth-order valence-electron chi connectivity index (χ4n) is 2.65. The van der Waals surface area contributed by atoms with Gasteiger partial charge in [-0.25, -0.2) is 0 Å². The van der Waals surface area contributed by atoms with Crippen LogP contribution in [0.5, 0.6) is 0 Å². The summed E-state index contributed by atoms with van der Waals surface area (Å²) in [5.41, 5.74) is 7.25. The van der Waals surface area contributed by atoms with Crippen molar-refractivity contribution in [1.82, 2.24) is 5.32 Å². The second kappa shape index (κ2) is 12.0. The van der Waals surface area contributed by atoms with Crippen LogP contribution in [0.25, 0.3) is 0 Å². The van der Waals surface area contributed by atoms with Crippen LogP contribution in [-0.2, 0) is 9.59 Å². The highest BCUT2D eigenvalue weighted by molar-refractivity contribution is 5.97. The van der Waals surface area contributed by atoms with E-state index in [0.717, 1.165) is 24.5 Å². The Labute approximate surface area is 161 Å². The molecule has 1 aromatic carbocycles. The Bertz CT molecular complexity index is 551. The molecule has 0 radical (unpaired) electrons.